The first-order valence-corrected chi connectivity index (χ1v) is 14.5. The van der Waals surface area contributed by atoms with Gasteiger partial charge in [-0.15, -0.1) is 0 Å². The van der Waals surface area contributed by atoms with Crippen molar-refractivity contribution >= 4 is 19.7 Å². The molecule has 0 bridgehead atoms. The van der Waals surface area contributed by atoms with Crippen LogP contribution in [0.5, 0.6) is 0 Å². The molecule has 0 aromatic rings. The van der Waals surface area contributed by atoms with E-state index in [4.69, 9.17) is 10.7 Å². The van der Waals surface area contributed by atoms with Crippen LogP contribution in [-0.4, -0.2) is 12.1 Å². The Morgan fingerprint density at radius 2 is 1.27 bits per heavy atom. The molecular formula is C10H9ClFeO2S. The zero-order chi connectivity index (χ0) is 9.51. The number of halogens is 1. The van der Waals surface area contributed by atoms with Crippen LogP contribution in [0, 0.1) is 0 Å². The van der Waals surface area contributed by atoms with Crippen LogP contribution in [0.3, 0.4) is 0 Å². The van der Waals surface area contributed by atoms with Crippen molar-refractivity contribution in [3.05, 3.63) is 0 Å². The monoisotopic (exact) mass is 284 g/mol. The van der Waals surface area contributed by atoms with Gasteiger partial charge in [-0.05, 0) is 0 Å². The predicted octanol–water partition coefficient (Wildman–Crippen LogP) is 2.85. The molecule has 0 radical (unpaired) electrons. The normalized spacial score (nSPS) is 135. The van der Waals surface area contributed by atoms with Crippen LogP contribution in [0.15, 0.2) is 0 Å². The summed E-state index contributed by atoms with van der Waals surface area (Å²) in [7, 11) is 2.74. The minimum absolute atomic E-state index is 0.131. The molecule has 4 atom stereocenters. The molecule has 0 aliphatic carbocycles. The Morgan fingerprint density at radius 3 is 1.33 bits per heavy atom. The zero-order valence-electron chi connectivity index (χ0n) is 7.65. The summed E-state index contributed by atoms with van der Waals surface area (Å²) in [5.74, 6) is 0. The van der Waals surface area contributed by atoms with Crippen molar-refractivity contribution in [3.8, 4) is 0 Å². The van der Waals surface area contributed by atoms with Gasteiger partial charge in [-0.2, -0.15) is 0 Å². The van der Waals surface area contributed by atoms with Crippen LogP contribution >= 0.6 is 10.7 Å². The second kappa shape index (κ2) is 0.389. The van der Waals surface area contributed by atoms with E-state index in [2.05, 4.69) is 0 Å². The number of hydrogen-bond donors (Lipinski definition) is 0. The second-order valence-corrected chi connectivity index (χ2v) is 36.7. The first kappa shape index (κ1) is 5.60. The number of fused-ring (bicyclic) bond motifs is 10. The minimum atomic E-state index is -3.41. The number of rotatable bonds is 1. The van der Waals surface area contributed by atoms with E-state index in [1.54, 1.807) is 0 Å². The van der Waals surface area contributed by atoms with Gasteiger partial charge < -0.3 is 0 Å². The maximum atomic E-state index is 12.2. The van der Waals surface area contributed by atoms with Crippen molar-refractivity contribution in [2.75, 3.05) is 0 Å². The Labute approximate surface area is 81.4 Å². The van der Waals surface area contributed by atoms with Gasteiger partial charge in [-0.1, -0.05) is 0 Å². The molecular weight excluding hydrogens is 275 g/mol. The van der Waals surface area contributed by atoms with Crippen molar-refractivity contribution in [3.63, 3.8) is 0 Å². The Morgan fingerprint density at radius 1 is 0.867 bits per heavy atom. The van der Waals surface area contributed by atoms with Gasteiger partial charge in [0.1, 0.15) is 0 Å². The Kier molecular flexibility index (Phi) is 0.145. The maximum absolute atomic E-state index is 12.2. The average molecular weight is 285 g/mol. The van der Waals surface area contributed by atoms with Crippen molar-refractivity contribution in [2.24, 2.45) is 0 Å². The molecule has 10 fully saturated rings. The van der Waals surface area contributed by atoms with Gasteiger partial charge in [0.2, 0.25) is 0 Å². The van der Waals surface area contributed by atoms with Gasteiger partial charge in [0.15, 0.2) is 0 Å². The summed E-state index contributed by atoms with van der Waals surface area (Å²) < 4.78 is 24.3. The predicted molar refractivity (Wildman–Crippen MR) is 51.3 cm³/mol. The molecule has 0 N–H and O–H groups in total. The Balaban J connectivity index is 1.93. The Hall–Kier alpha value is 0.759. The molecule has 10 aliphatic heterocycles. The summed E-state index contributed by atoms with van der Waals surface area (Å²) >= 11 is 0. The first-order valence-electron chi connectivity index (χ1n) is 5.95. The molecule has 4 unspecified atom stereocenters. The third-order valence-electron chi connectivity index (χ3n) is 14.9. The zero-order valence-corrected chi connectivity index (χ0v) is 10.3. The van der Waals surface area contributed by atoms with E-state index >= 15 is 0 Å². The molecule has 5 heteroatoms. The van der Waals surface area contributed by atoms with E-state index < -0.39 is 15.6 Å². The molecule has 10 heterocycles. The van der Waals surface area contributed by atoms with Gasteiger partial charge in [0, 0.05) is 0 Å². The molecule has 82 valence electrons. The molecule has 10 aliphatic rings. The van der Waals surface area contributed by atoms with Crippen LogP contribution < -0.4 is 0 Å². The Bertz CT molecular complexity index is 978. The van der Waals surface area contributed by atoms with Gasteiger partial charge >= 0.3 is 81.7 Å². The third kappa shape index (κ3) is 0.0484. The van der Waals surface area contributed by atoms with Crippen LogP contribution in [0.2, 0.25) is 43.3 Å². The molecule has 2 nitrogen and oxygen atoms in total. The van der Waals surface area contributed by atoms with E-state index in [1.165, 1.54) is 0 Å². The van der Waals surface area contributed by atoms with Crippen LogP contribution in [0.1, 0.15) is 0 Å². The first-order chi connectivity index (χ1) is 6.80. The topological polar surface area (TPSA) is 34.1 Å². The SMILES string of the molecule is O=S(=O)(Cl)[C]12[CH]3[CH]4[CH]5[CH]1[Fe]45321678[CH]2[CH]1[CH]6[CH]7[CH]28. The summed E-state index contributed by atoms with van der Waals surface area (Å²) in [6.07, 6.45) is 0. The van der Waals surface area contributed by atoms with E-state index in [1.807, 2.05) is 0 Å². The van der Waals surface area contributed by atoms with Crippen LogP contribution in [0.4, 0.5) is 0 Å². The fraction of sp³-hybridized carbons (Fsp3) is 1.00. The second-order valence-electron chi connectivity index (χ2n) is 10.0. The molecule has 15 heavy (non-hydrogen) atoms. The molecule has 1 spiro atoms. The summed E-state index contributed by atoms with van der Waals surface area (Å²) in [6, 6.07) is 0. The molecule has 0 amide bonds. The summed E-state index contributed by atoms with van der Waals surface area (Å²) in [6.45, 7) is -3.41. The fourth-order valence-electron chi connectivity index (χ4n) is 16.6. The van der Waals surface area contributed by atoms with Crippen molar-refractivity contribution in [1.29, 1.82) is 0 Å². The molecule has 10 rings (SSSR count). The molecule has 0 aromatic heterocycles. The quantitative estimate of drug-likeness (QED) is 0.548. The molecule has 0 saturated carbocycles. The van der Waals surface area contributed by atoms with Gasteiger partial charge in [-0.25, -0.2) is 0 Å². The molecule has 0 aromatic carbocycles. The summed E-state index contributed by atoms with van der Waals surface area (Å²) in [4.78, 5) is 8.99. The fourth-order valence-corrected chi connectivity index (χ4v) is 106. The average Bonchev–Trinajstić information content (AvgIpc) is 3.12. The van der Waals surface area contributed by atoms with Crippen molar-refractivity contribution < 1.29 is 14.9 Å². The van der Waals surface area contributed by atoms with E-state index in [-0.39, 0.29) is 3.65 Å². The van der Waals surface area contributed by atoms with Gasteiger partial charge in [0.25, 0.3) is 0 Å². The van der Waals surface area contributed by atoms with E-state index in [0.29, 0.717) is 0 Å². The van der Waals surface area contributed by atoms with E-state index in [9.17, 15) is 8.42 Å². The van der Waals surface area contributed by atoms with E-state index in [0.717, 1.165) is 43.3 Å². The summed E-state index contributed by atoms with van der Waals surface area (Å²) in [5.41, 5.74) is 0. The van der Waals surface area contributed by atoms with Gasteiger partial charge in [-0.3, -0.25) is 0 Å². The van der Waals surface area contributed by atoms with Crippen LogP contribution in [-0.2, 0) is 15.6 Å². The van der Waals surface area contributed by atoms with Gasteiger partial charge in [0.05, 0.1) is 0 Å². The van der Waals surface area contributed by atoms with Crippen LogP contribution in [0.25, 0.3) is 0 Å². The third-order valence-corrected chi connectivity index (χ3v) is 63.4. The number of hydrogen-bond acceptors (Lipinski definition) is 2. The van der Waals surface area contributed by atoms with Crippen molar-refractivity contribution in [2.45, 2.75) is 47.0 Å². The standard InChI is InChI=1S/C5H4ClO2S.C5H5.Fe/c6-9(7,8)5-3-1-2-4-5;1-2-4-5-3-1;/h1-4H;1-5H;. The van der Waals surface area contributed by atoms with Crippen molar-refractivity contribution in [1.82, 2.24) is 0 Å². The molecule has 10 saturated heterocycles. The summed E-state index contributed by atoms with van der Waals surface area (Å²) in [5, 5.41) is 0.